The number of hydrogen-bond donors (Lipinski definition) is 2. The van der Waals surface area contributed by atoms with Gasteiger partial charge >= 0.3 is 5.97 Å². The third-order valence-corrected chi connectivity index (χ3v) is 3.83. The largest absolute Gasteiger partial charge is 0.481 e. The number of carboxylic acids is 1. The van der Waals surface area contributed by atoms with Gasteiger partial charge in [-0.3, -0.25) is 10.1 Å². The maximum atomic E-state index is 11.1. The lowest BCUT2D eigenvalue weighted by molar-refractivity contribution is -0.136. The van der Waals surface area contributed by atoms with E-state index in [-0.39, 0.29) is 12.6 Å². The molecule has 3 aromatic rings. The second-order valence-electron chi connectivity index (χ2n) is 5.25. The highest BCUT2D eigenvalue weighted by atomic mass is 16.4. The van der Waals surface area contributed by atoms with Crippen LogP contribution in [0.25, 0.3) is 10.9 Å². The van der Waals surface area contributed by atoms with Crippen molar-refractivity contribution in [3.63, 3.8) is 0 Å². The lowest BCUT2D eigenvalue weighted by atomic mass is 10.1. The Morgan fingerprint density at radius 3 is 2.50 bits per heavy atom. The summed E-state index contributed by atoms with van der Waals surface area (Å²) in [4.78, 5) is 11.1. The molecule has 0 radical (unpaired) electrons. The SMILES string of the molecule is CNC(c1ccccc1)n1cc(CC(=O)O)c2ccccc21. The first-order valence-corrected chi connectivity index (χ1v) is 7.23. The van der Waals surface area contributed by atoms with E-state index in [4.69, 9.17) is 5.11 Å². The van der Waals surface area contributed by atoms with Crippen LogP contribution in [0.15, 0.2) is 60.8 Å². The van der Waals surface area contributed by atoms with E-state index in [0.717, 1.165) is 22.0 Å². The molecule has 4 heteroatoms. The number of nitrogens with zero attached hydrogens (tertiary/aromatic N) is 1. The zero-order chi connectivity index (χ0) is 15.5. The van der Waals surface area contributed by atoms with Gasteiger partial charge in [-0.15, -0.1) is 0 Å². The van der Waals surface area contributed by atoms with E-state index in [0.29, 0.717) is 0 Å². The quantitative estimate of drug-likeness (QED) is 0.760. The maximum Gasteiger partial charge on any atom is 0.307 e. The minimum absolute atomic E-state index is 0.0265. The van der Waals surface area contributed by atoms with Crippen molar-refractivity contribution in [2.24, 2.45) is 0 Å². The summed E-state index contributed by atoms with van der Waals surface area (Å²) in [6, 6.07) is 18.0. The minimum Gasteiger partial charge on any atom is -0.481 e. The molecule has 0 bridgehead atoms. The Kier molecular flexibility index (Phi) is 3.94. The molecule has 0 amide bonds. The number of carbonyl (C=O) groups is 1. The molecule has 1 heterocycles. The predicted octanol–water partition coefficient (Wildman–Crippen LogP) is 3.03. The second-order valence-corrected chi connectivity index (χ2v) is 5.25. The Morgan fingerprint density at radius 1 is 1.14 bits per heavy atom. The molecule has 1 aromatic heterocycles. The molecule has 112 valence electrons. The van der Waals surface area contributed by atoms with Crippen molar-refractivity contribution >= 4 is 16.9 Å². The van der Waals surface area contributed by atoms with Crippen molar-refractivity contribution in [2.75, 3.05) is 7.05 Å². The standard InChI is InChI=1S/C18H18N2O2/c1-19-18(13-7-3-2-4-8-13)20-12-14(11-17(21)22)15-9-5-6-10-16(15)20/h2-10,12,18-19H,11H2,1H3,(H,21,22). The van der Waals surface area contributed by atoms with Crippen molar-refractivity contribution in [3.05, 3.63) is 71.9 Å². The number of aliphatic carboxylic acids is 1. The highest BCUT2D eigenvalue weighted by Gasteiger charge is 2.17. The highest BCUT2D eigenvalue weighted by molar-refractivity contribution is 5.87. The van der Waals surface area contributed by atoms with Crippen LogP contribution in [0.1, 0.15) is 17.3 Å². The van der Waals surface area contributed by atoms with Gasteiger partial charge in [0, 0.05) is 17.1 Å². The maximum absolute atomic E-state index is 11.1. The van der Waals surface area contributed by atoms with E-state index < -0.39 is 5.97 Å². The van der Waals surface area contributed by atoms with E-state index in [1.54, 1.807) is 0 Å². The summed E-state index contributed by atoms with van der Waals surface area (Å²) >= 11 is 0. The second kappa shape index (κ2) is 6.03. The molecule has 0 aliphatic carbocycles. The van der Waals surface area contributed by atoms with Crippen LogP contribution in [0.5, 0.6) is 0 Å². The van der Waals surface area contributed by atoms with Crippen LogP contribution in [-0.4, -0.2) is 22.7 Å². The molecule has 1 atom stereocenters. The summed E-state index contributed by atoms with van der Waals surface area (Å²) in [7, 11) is 1.91. The van der Waals surface area contributed by atoms with Crippen LogP contribution in [0, 0.1) is 0 Å². The van der Waals surface area contributed by atoms with Crippen molar-refractivity contribution in [2.45, 2.75) is 12.6 Å². The minimum atomic E-state index is -0.816. The van der Waals surface area contributed by atoms with Crippen LogP contribution in [-0.2, 0) is 11.2 Å². The van der Waals surface area contributed by atoms with Crippen LogP contribution >= 0.6 is 0 Å². The van der Waals surface area contributed by atoms with Crippen LogP contribution in [0.3, 0.4) is 0 Å². The molecule has 0 saturated carbocycles. The van der Waals surface area contributed by atoms with Gasteiger partial charge in [0.2, 0.25) is 0 Å². The third kappa shape index (κ3) is 2.61. The molecule has 4 nitrogen and oxygen atoms in total. The van der Waals surface area contributed by atoms with Crippen LogP contribution < -0.4 is 5.32 Å². The average Bonchev–Trinajstić information content (AvgIpc) is 2.88. The van der Waals surface area contributed by atoms with Crippen molar-refractivity contribution in [3.8, 4) is 0 Å². The molecule has 0 aliphatic heterocycles. The van der Waals surface area contributed by atoms with Crippen molar-refractivity contribution in [1.82, 2.24) is 9.88 Å². The van der Waals surface area contributed by atoms with E-state index in [9.17, 15) is 4.79 Å². The van der Waals surface area contributed by atoms with E-state index in [2.05, 4.69) is 22.0 Å². The summed E-state index contributed by atoms with van der Waals surface area (Å²) in [6.07, 6.45) is 1.93. The molecule has 1 unspecified atom stereocenters. The average molecular weight is 294 g/mol. The number of aromatic nitrogens is 1. The van der Waals surface area contributed by atoms with Gasteiger partial charge in [0.25, 0.3) is 0 Å². The normalized spacial score (nSPS) is 12.4. The Labute approximate surface area is 129 Å². The molecule has 0 saturated heterocycles. The van der Waals surface area contributed by atoms with E-state index in [1.165, 1.54) is 0 Å². The number of fused-ring (bicyclic) bond motifs is 1. The lowest BCUT2D eigenvalue weighted by Gasteiger charge is -2.20. The molecule has 0 aliphatic rings. The van der Waals surface area contributed by atoms with Crippen LogP contribution in [0.4, 0.5) is 0 Å². The van der Waals surface area contributed by atoms with E-state index in [1.807, 2.05) is 55.7 Å². The van der Waals surface area contributed by atoms with Gasteiger partial charge in [-0.05, 0) is 24.2 Å². The van der Waals surface area contributed by atoms with Gasteiger partial charge in [0.1, 0.15) is 6.17 Å². The fourth-order valence-corrected chi connectivity index (χ4v) is 2.90. The Balaban J connectivity index is 2.15. The van der Waals surface area contributed by atoms with Gasteiger partial charge in [0.05, 0.1) is 6.42 Å². The zero-order valence-electron chi connectivity index (χ0n) is 12.4. The molecule has 0 fully saturated rings. The number of nitrogens with one attached hydrogen (secondary N) is 1. The summed E-state index contributed by atoms with van der Waals surface area (Å²) in [5.41, 5.74) is 2.99. The lowest BCUT2D eigenvalue weighted by Crippen LogP contribution is -2.23. The van der Waals surface area contributed by atoms with Gasteiger partial charge in [-0.1, -0.05) is 48.5 Å². The molecular formula is C18H18N2O2. The highest BCUT2D eigenvalue weighted by Crippen LogP contribution is 2.27. The first kappa shape index (κ1) is 14.4. The molecule has 0 spiro atoms. The van der Waals surface area contributed by atoms with Crippen LogP contribution in [0.2, 0.25) is 0 Å². The molecule has 2 N–H and O–H groups in total. The zero-order valence-corrected chi connectivity index (χ0v) is 12.4. The van der Waals surface area contributed by atoms with Gasteiger partial charge in [0.15, 0.2) is 0 Å². The fraction of sp³-hybridized carbons (Fsp3) is 0.167. The molecule has 22 heavy (non-hydrogen) atoms. The number of para-hydroxylation sites is 1. The number of benzene rings is 2. The molecule has 3 rings (SSSR count). The summed E-state index contributed by atoms with van der Waals surface area (Å²) < 4.78 is 2.10. The van der Waals surface area contributed by atoms with Gasteiger partial charge in [-0.2, -0.15) is 0 Å². The summed E-state index contributed by atoms with van der Waals surface area (Å²) in [6.45, 7) is 0. The number of hydrogen-bond acceptors (Lipinski definition) is 2. The van der Waals surface area contributed by atoms with Gasteiger partial charge in [-0.25, -0.2) is 0 Å². The number of rotatable bonds is 5. The first-order chi connectivity index (χ1) is 10.7. The molecular weight excluding hydrogens is 276 g/mol. The Morgan fingerprint density at radius 2 is 1.82 bits per heavy atom. The van der Waals surface area contributed by atoms with E-state index >= 15 is 0 Å². The monoisotopic (exact) mass is 294 g/mol. The van der Waals surface area contributed by atoms with Crippen molar-refractivity contribution in [1.29, 1.82) is 0 Å². The van der Waals surface area contributed by atoms with Crippen molar-refractivity contribution < 1.29 is 9.90 Å². The molecule has 2 aromatic carbocycles. The topological polar surface area (TPSA) is 54.3 Å². The third-order valence-electron chi connectivity index (χ3n) is 3.83. The predicted molar refractivity (Wildman–Crippen MR) is 86.9 cm³/mol. The first-order valence-electron chi connectivity index (χ1n) is 7.23. The van der Waals surface area contributed by atoms with Gasteiger partial charge < -0.3 is 9.67 Å². The summed E-state index contributed by atoms with van der Waals surface area (Å²) in [5.74, 6) is -0.816. The Bertz CT molecular complexity index is 793. The fourth-order valence-electron chi connectivity index (χ4n) is 2.90. The Hall–Kier alpha value is -2.59. The smallest absolute Gasteiger partial charge is 0.307 e. The number of carboxylic acid groups (broad SMARTS) is 1. The summed E-state index contributed by atoms with van der Waals surface area (Å²) in [5, 5.41) is 13.4.